The van der Waals surface area contributed by atoms with Gasteiger partial charge in [0.1, 0.15) is 5.78 Å². The quantitative estimate of drug-likeness (QED) is 0.477. The molecule has 1 N–H and O–H groups in total. The Morgan fingerprint density at radius 3 is 2.15 bits per heavy atom. The highest BCUT2D eigenvalue weighted by atomic mass is 16.3. The molecule has 0 aliphatic rings. The third-order valence-electron chi connectivity index (χ3n) is 1.61. The van der Waals surface area contributed by atoms with Crippen molar-refractivity contribution in [3.05, 3.63) is 0 Å². The molecular weight excluding hydrogens is 172 g/mol. The van der Waals surface area contributed by atoms with E-state index in [1.54, 1.807) is 6.92 Å². The van der Waals surface area contributed by atoms with E-state index in [2.05, 4.69) is 0 Å². The minimum Gasteiger partial charge on any atom is -0.393 e. The van der Waals surface area contributed by atoms with Gasteiger partial charge in [0, 0.05) is 6.42 Å². The smallest absolute Gasteiger partial charge is 0.205 e. The summed E-state index contributed by atoms with van der Waals surface area (Å²) in [6, 6.07) is 0. The lowest BCUT2D eigenvalue weighted by Crippen LogP contribution is -2.21. The molecule has 4 heteroatoms. The molecule has 0 aliphatic carbocycles. The molecule has 1 unspecified atom stereocenters. The standard InChI is InChI=1S/C9H14O4/c1-3-7(11)5-9(13)8(12)4-6(2)10/h7,11H,3-5H2,1-2H3. The maximum Gasteiger partial charge on any atom is 0.205 e. The summed E-state index contributed by atoms with van der Waals surface area (Å²) in [5, 5.41) is 9.05. The fourth-order valence-electron chi connectivity index (χ4n) is 0.797. The second-order valence-corrected chi connectivity index (χ2v) is 2.99. The first kappa shape index (κ1) is 12.0. The minimum absolute atomic E-state index is 0.178. The van der Waals surface area contributed by atoms with Gasteiger partial charge in [-0.1, -0.05) is 6.92 Å². The van der Waals surface area contributed by atoms with Crippen LogP contribution in [0.1, 0.15) is 33.1 Å². The second-order valence-electron chi connectivity index (χ2n) is 2.99. The van der Waals surface area contributed by atoms with Crippen LogP contribution < -0.4 is 0 Å². The van der Waals surface area contributed by atoms with Crippen molar-refractivity contribution < 1.29 is 19.5 Å². The summed E-state index contributed by atoms with van der Waals surface area (Å²) in [4.78, 5) is 32.4. The molecule has 0 spiro atoms. The Bertz CT molecular complexity index is 220. The monoisotopic (exact) mass is 186 g/mol. The van der Waals surface area contributed by atoms with Gasteiger partial charge in [-0.2, -0.15) is 0 Å². The summed E-state index contributed by atoms with van der Waals surface area (Å²) >= 11 is 0. The van der Waals surface area contributed by atoms with Crippen molar-refractivity contribution in [2.45, 2.75) is 39.2 Å². The maximum absolute atomic E-state index is 11.0. The molecular formula is C9H14O4. The number of Topliss-reactive ketones (excluding diaryl/α,β-unsaturated/α-hetero) is 3. The second kappa shape index (κ2) is 5.59. The molecule has 0 bridgehead atoms. The van der Waals surface area contributed by atoms with Crippen LogP contribution in [-0.2, 0) is 14.4 Å². The summed E-state index contributed by atoms with van der Waals surface area (Å²) in [6.07, 6.45) is -0.875. The van der Waals surface area contributed by atoms with Crippen LogP contribution in [0, 0.1) is 0 Å². The fraction of sp³-hybridized carbons (Fsp3) is 0.667. The average Bonchev–Trinajstić information content (AvgIpc) is 2.02. The topological polar surface area (TPSA) is 71.4 Å². The zero-order valence-corrected chi connectivity index (χ0v) is 7.87. The van der Waals surface area contributed by atoms with Gasteiger partial charge in [-0.05, 0) is 13.3 Å². The predicted octanol–water partition coefficient (Wildman–Crippen LogP) is 0.265. The molecule has 0 aliphatic heterocycles. The zero-order valence-electron chi connectivity index (χ0n) is 7.87. The third-order valence-corrected chi connectivity index (χ3v) is 1.61. The van der Waals surface area contributed by atoms with Crippen LogP contribution in [0.2, 0.25) is 0 Å². The van der Waals surface area contributed by atoms with E-state index in [0.717, 1.165) is 0 Å². The number of hydrogen-bond acceptors (Lipinski definition) is 4. The van der Waals surface area contributed by atoms with Crippen molar-refractivity contribution in [1.29, 1.82) is 0 Å². The van der Waals surface area contributed by atoms with Gasteiger partial charge in [0.05, 0.1) is 12.5 Å². The van der Waals surface area contributed by atoms with E-state index in [1.807, 2.05) is 0 Å². The largest absolute Gasteiger partial charge is 0.393 e. The van der Waals surface area contributed by atoms with Crippen molar-refractivity contribution >= 4 is 17.3 Å². The van der Waals surface area contributed by atoms with Crippen LogP contribution in [-0.4, -0.2) is 28.6 Å². The highest BCUT2D eigenvalue weighted by Crippen LogP contribution is 2.00. The zero-order chi connectivity index (χ0) is 10.4. The molecule has 0 amide bonds. The van der Waals surface area contributed by atoms with Crippen molar-refractivity contribution in [2.75, 3.05) is 0 Å². The van der Waals surface area contributed by atoms with E-state index in [0.29, 0.717) is 6.42 Å². The molecule has 4 nitrogen and oxygen atoms in total. The van der Waals surface area contributed by atoms with E-state index in [-0.39, 0.29) is 18.6 Å². The normalized spacial score (nSPS) is 12.2. The number of carbonyl (C=O) groups is 3. The molecule has 74 valence electrons. The average molecular weight is 186 g/mol. The molecule has 0 fully saturated rings. The SMILES string of the molecule is CCC(O)CC(=O)C(=O)CC(C)=O. The Morgan fingerprint density at radius 1 is 1.23 bits per heavy atom. The molecule has 0 aromatic carbocycles. The van der Waals surface area contributed by atoms with E-state index in [4.69, 9.17) is 5.11 Å². The molecule has 0 saturated heterocycles. The fourth-order valence-corrected chi connectivity index (χ4v) is 0.797. The van der Waals surface area contributed by atoms with Gasteiger partial charge >= 0.3 is 0 Å². The van der Waals surface area contributed by atoms with E-state index >= 15 is 0 Å². The summed E-state index contributed by atoms with van der Waals surface area (Å²) in [7, 11) is 0. The van der Waals surface area contributed by atoms with Crippen LogP contribution in [0.3, 0.4) is 0 Å². The lowest BCUT2D eigenvalue weighted by atomic mass is 10.0. The van der Waals surface area contributed by atoms with Crippen LogP contribution in [0.25, 0.3) is 0 Å². The molecule has 13 heavy (non-hydrogen) atoms. The van der Waals surface area contributed by atoms with E-state index in [1.165, 1.54) is 6.92 Å². The summed E-state index contributed by atoms with van der Waals surface area (Å²) in [5.74, 6) is -1.70. The minimum atomic E-state index is -0.775. The van der Waals surface area contributed by atoms with Crippen LogP contribution in [0.15, 0.2) is 0 Å². The predicted molar refractivity (Wildman–Crippen MR) is 46.2 cm³/mol. The van der Waals surface area contributed by atoms with Gasteiger partial charge in [-0.3, -0.25) is 14.4 Å². The molecule has 0 saturated carbocycles. The number of carbonyl (C=O) groups excluding carboxylic acids is 3. The Labute approximate surface area is 76.9 Å². The first-order valence-corrected chi connectivity index (χ1v) is 4.20. The van der Waals surface area contributed by atoms with Gasteiger partial charge in [0.25, 0.3) is 0 Å². The Kier molecular flexibility index (Phi) is 5.14. The highest BCUT2D eigenvalue weighted by molar-refractivity contribution is 6.40. The molecule has 0 aromatic heterocycles. The van der Waals surface area contributed by atoms with Gasteiger partial charge < -0.3 is 5.11 Å². The number of aliphatic hydroxyl groups excluding tert-OH is 1. The van der Waals surface area contributed by atoms with Gasteiger partial charge in [-0.15, -0.1) is 0 Å². The van der Waals surface area contributed by atoms with Gasteiger partial charge in [0.2, 0.25) is 11.6 Å². The van der Waals surface area contributed by atoms with Gasteiger partial charge in [-0.25, -0.2) is 0 Å². The summed E-state index contributed by atoms with van der Waals surface area (Å²) in [6.45, 7) is 2.97. The highest BCUT2D eigenvalue weighted by Gasteiger charge is 2.18. The summed E-state index contributed by atoms with van der Waals surface area (Å²) in [5.41, 5.74) is 0. The lowest BCUT2D eigenvalue weighted by Gasteiger charge is -2.04. The Balaban J connectivity index is 3.97. The number of rotatable bonds is 6. The first-order chi connectivity index (χ1) is 5.97. The molecule has 0 radical (unpaired) electrons. The Morgan fingerprint density at radius 2 is 1.77 bits per heavy atom. The van der Waals surface area contributed by atoms with Crippen LogP contribution in [0.4, 0.5) is 0 Å². The Hall–Kier alpha value is -1.03. The van der Waals surface area contributed by atoms with Crippen molar-refractivity contribution in [3.8, 4) is 0 Å². The van der Waals surface area contributed by atoms with Gasteiger partial charge in [0.15, 0.2) is 0 Å². The number of hydrogen-bond donors (Lipinski definition) is 1. The van der Waals surface area contributed by atoms with Crippen LogP contribution in [0.5, 0.6) is 0 Å². The lowest BCUT2D eigenvalue weighted by molar-refractivity contribution is -0.139. The molecule has 0 rings (SSSR count). The maximum atomic E-state index is 11.0. The molecule has 0 heterocycles. The first-order valence-electron chi connectivity index (χ1n) is 4.20. The van der Waals surface area contributed by atoms with E-state index in [9.17, 15) is 14.4 Å². The van der Waals surface area contributed by atoms with Crippen molar-refractivity contribution in [2.24, 2.45) is 0 Å². The number of ketones is 3. The summed E-state index contributed by atoms with van der Waals surface area (Å²) < 4.78 is 0. The number of aliphatic hydroxyl groups is 1. The van der Waals surface area contributed by atoms with Crippen molar-refractivity contribution in [1.82, 2.24) is 0 Å². The third kappa shape index (κ3) is 5.25. The van der Waals surface area contributed by atoms with E-state index < -0.39 is 17.7 Å². The van der Waals surface area contributed by atoms with Crippen molar-refractivity contribution in [3.63, 3.8) is 0 Å². The molecule has 1 atom stereocenters. The van der Waals surface area contributed by atoms with Crippen LogP contribution >= 0.6 is 0 Å². The molecule has 0 aromatic rings.